The van der Waals surface area contributed by atoms with E-state index in [1.54, 1.807) is 11.9 Å². The molecule has 3 aliphatic rings. The van der Waals surface area contributed by atoms with Gasteiger partial charge in [-0.05, 0) is 60.3 Å². The van der Waals surface area contributed by atoms with Crippen molar-refractivity contribution in [1.82, 2.24) is 25.8 Å². The Labute approximate surface area is 310 Å². The molecule has 0 radical (unpaired) electrons. The molecule has 2 saturated carbocycles. The molecule has 6 atom stereocenters. The largest absolute Gasteiger partial charge is 0.363 e. The number of rotatable bonds is 12. The van der Waals surface area contributed by atoms with Crippen LogP contribution in [0.2, 0.25) is 0 Å². The molecule has 1 aromatic rings. The zero-order valence-corrected chi connectivity index (χ0v) is 32.9. The van der Waals surface area contributed by atoms with Crippen LogP contribution < -0.4 is 21.7 Å². The van der Waals surface area contributed by atoms with Crippen LogP contribution in [0.5, 0.6) is 0 Å². The Bertz CT molecular complexity index is 1400. The fraction of sp³-hybridized carbons (Fsp3) is 0.700. The summed E-state index contributed by atoms with van der Waals surface area (Å²) >= 11 is 0. The minimum Gasteiger partial charge on any atom is -0.363 e. The van der Waals surface area contributed by atoms with Crippen LogP contribution in [-0.4, -0.2) is 83.0 Å². The number of hydrogen-bond acceptors (Lipinski definition) is 6. The van der Waals surface area contributed by atoms with Crippen molar-refractivity contribution in [3.8, 4) is 0 Å². The van der Waals surface area contributed by atoms with Crippen LogP contribution in [0.15, 0.2) is 30.3 Å². The second-order valence-electron chi connectivity index (χ2n) is 16.8. The van der Waals surface area contributed by atoms with Crippen LogP contribution >= 0.6 is 0 Å². The number of likely N-dealkylation sites (tertiary alicyclic amines) is 1. The Morgan fingerprint density at radius 3 is 1.96 bits per heavy atom. The first-order valence-corrected chi connectivity index (χ1v) is 19.1. The summed E-state index contributed by atoms with van der Waals surface area (Å²) in [6, 6.07) is 5.08. The average molecular weight is 725 g/mol. The Hall–Kier alpha value is -3.96. The van der Waals surface area contributed by atoms with Crippen molar-refractivity contribution >= 4 is 35.4 Å². The van der Waals surface area contributed by atoms with Gasteiger partial charge in [0.05, 0.1) is 6.04 Å². The van der Waals surface area contributed by atoms with Crippen molar-refractivity contribution in [3.05, 3.63) is 35.9 Å². The van der Waals surface area contributed by atoms with E-state index in [0.717, 1.165) is 43.6 Å². The van der Waals surface area contributed by atoms with Gasteiger partial charge in [-0.1, -0.05) is 111 Å². The molecule has 1 aromatic carbocycles. The Morgan fingerprint density at radius 2 is 1.46 bits per heavy atom. The highest BCUT2D eigenvalue weighted by atomic mass is 16.2. The fourth-order valence-electron chi connectivity index (χ4n) is 7.52. The topological polar surface area (TPSA) is 171 Å². The van der Waals surface area contributed by atoms with Gasteiger partial charge in [0.1, 0.15) is 18.1 Å². The second kappa shape index (κ2) is 18.7. The molecule has 52 heavy (non-hydrogen) atoms. The summed E-state index contributed by atoms with van der Waals surface area (Å²) in [5.74, 6) is -2.58. The number of nitrogens with two attached hydrogens (primary N) is 1. The highest BCUT2D eigenvalue weighted by Crippen LogP contribution is 2.37. The number of urea groups is 1. The van der Waals surface area contributed by atoms with E-state index < -0.39 is 53.2 Å². The van der Waals surface area contributed by atoms with Gasteiger partial charge in [0.15, 0.2) is 0 Å². The van der Waals surface area contributed by atoms with Gasteiger partial charge < -0.3 is 31.5 Å². The second-order valence-corrected chi connectivity index (χ2v) is 16.8. The lowest BCUT2D eigenvalue weighted by Crippen LogP contribution is -2.62. The Kier molecular flexibility index (Phi) is 15.3. The minimum atomic E-state index is -1.15. The molecule has 290 valence electrons. The maximum atomic E-state index is 14.6. The molecule has 12 heteroatoms. The normalized spacial score (nSPS) is 22.3. The summed E-state index contributed by atoms with van der Waals surface area (Å²) in [5, 5.41) is 8.44. The van der Waals surface area contributed by atoms with E-state index in [4.69, 9.17) is 5.73 Å². The summed E-state index contributed by atoms with van der Waals surface area (Å²) in [6.45, 7) is 15.9. The predicted molar refractivity (Wildman–Crippen MR) is 201 cm³/mol. The molecule has 1 aliphatic heterocycles. The number of amides is 6. The summed E-state index contributed by atoms with van der Waals surface area (Å²) < 4.78 is 0. The molecule has 1 saturated heterocycles. The molecule has 4 rings (SSSR count). The maximum Gasteiger partial charge on any atom is 0.316 e. The molecular formula is C40H64N6O6. The van der Waals surface area contributed by atoms with Crippen molar-refractivity contribution in [2.24, 2.45) is 40.7 Å². The van der Waals surface area contributed by atoms with E-state index in [1.807, 2.05) is 71.9 Å². The predicted octanol–water partition coefficient (Wildman–Crippen LogP) is 4.40. The monoisotopic (exact) mass is 724 g/mol. The van der Waals surface area contributed by atoms with Gasteiger partial charge in [0.25, 0.3) is 5.91 Å². The molecule has 6 unspecified atom stereocenters. The maximum absolute atomic E-state index is 14.6. The third kappa shape index (κ3) is 11.8. The smallest absolute Gasteiger partial charge is 0.316 e. The molecule has 0 spiro atoms. The summed E-state index contributed by atoms with van der Waals surface area (Å²) in [7, 11) is 1.70. The van der Waals surface area contributed by atoms with Gasteiger partial charge in [0.2, 0.25) is 23.5 Å². The summed E-state index contributed by atoms with van der Waals surface area (Å²) in [6.07, 6.45) is 7.29. The van der Waals surface area contributed by atoms with E-state index >= 15 is 0 Å². The van der Waals surface area contributed by atoms with Crippen molar-refractivity contribution in [2.75, 3.05) is 13.6 Å². The van der Waals surface area contributed by atoms with E-state index in [9.17, 15) is 28.8 Å². The van der Waals surface area contributed by atoms with Crippen LogP contribution in [0.3, 0.4) is 0 Å². The number of benzene rings is 1. The Morgan fingerprint density at radius 1 is 0.885 bits per heavy atom. The lowest BCUT2D eigenvalue weighted by Gasteiger charge is -2.37. The van der Waals surface area contributed by atoms with Crippen LogP contribution in [0.1, 0.15) is 106 Å². The van der Waals surface area contributed by atoms with Crippen LogP contribution in [0.25, 0.3) is 0 Å². The molecule has 0 bridgehead atoms. The third-order valence-electron chi connectivity index (χ3n) is 10.7. The first kappa shape index (κ1) is 42.5. The number of likely N-dealkylation sites (N-methyl/N-ethyl adjacent to an activating group) is 1. The quantitative estimate of drug-likeness (QED) is 0.233. The zero-order valence-electron chi connectivity index (χ0n) is 32.9. The molecule has 0 aromatic heterocycles. The molecular weight excluding hydrogens is 660 g/mol. The average Bonchev–Trinajstić information content (AvgIpc) is 3.79. The van der Waals surface area contributed by atoms with Crippen molar-refractivity contribution in [3.63, 3.8) is 0 Å². The molecule has 5 N–H and O–H groups in total. The first-order valence-electron chi connectivity index (χ1n) is 19.1. The molecule has 2 aliphatic carbocycles. The molecule has 3 fully saturated rings. The molecule has 1 heterocycles. The Balaban J connectivity index is 0.00000170. The standard InChI is InChI=1S/C36H56N6O6.C4H8/c1-21(2)26-22(3)19-42(28(26)32(45)38-23(4)29(43)31(37)44)33(46)27(25-17-13-10-14-18-25)39-35(48)40-30(36(5,6)7)34(47)41(8)20-24-15-11-9-12-16-24;1-4-2-3-4/h9,11-12,15-16,21-23,25-28,30H,10,13-14,17-20H2,1-8H3,(H2,37,44)(H,38,45)(H2,39,40,48);4H,2-3H2,1H3. The number of carbonyl (C=O) groups is 6. The first-order chi connectivity index (χ1) is 24.3. The van der Waals surface area contributed by atoms with Crippen molar-refractivity contribution < 1.29 is 28.8 Å². The van der Waals surface area contributed by atoms with Gasteiger partial charge in [-0.15, -0.1) is 0 Å². The highest BCUT2D eigenvalue weighted by Gasteiger charge is 2.50. The number of nitrogens with one attached hydrogen (secondary N) is 3. The number of nitrogens with zero attached hydrogens (tertiary/aromatic N) is 2. The van der Waals surface area contributed by atoms with E-state index in [2.05, 4.69) is 22.9 Å². The van der Waals surface area contributed by atoms with Gasteiger partial charge in [-0.3, -0.25) is 24.0 Å². The lowest BCUT2D eigenvalue weighted by molar-refractivity contribution is -0.143. The third-order valence-corrected chi connectivity index (χ3v) is 10.7. The number of primary amides is 1. The highest BCUT2D eigenvalue weighted by molar-refractivity contribution is 6.37. The van der Waals surface area contributed by atoms with Crippen molar-refractivity contribution in [1.29, 1.82) is 0 Å². The van der Waals surface area contributed by atoms with Crippen molar-refractivity contribution in [2.45, 2.75) is 131 Å². The minimum absolute atomic E-state index is 0.0199. The van der Waals surface area contributed by atoms with Crippen LogP contribution in [-0.2, 0) is 30.5 Å². The van der Waals surface area contributed by atoms with Gasteiger partial charge in [-0.2, -0.15) is 0 Å². The SMILES string of the molecule is CC(NC(=O)C1C(C(C)C)C(C)CN1C(=O)C(NC(=O)NC(C(=O)N(C)Cc1ccccc1)C(C)(C)C)C1CCCCC1)C(=O)C(N)=O.CC1CC1. The number of carbonyl (C=O) groups excluding carboxylic acids is 6. The fourth-order valence-corrected chi connectivity index (χ4v) is 7.52. The lowest BCUT2D eigenvalue weighted by atomic mass is 9.81. The zero-order chi connectivity index (χ0) is 38.9. The number of ketones is 1. The van der Waals surface area contributed by atoms with E-state index in [1.165, 1.54) is 24.7 Å². The number of Topliss-reactive ketones (excluding diaryl/α,β-unsaturated/α-hetero) is 1. The van der Waals surface area contributed by atoms with E-state index in [-0.39, 0.29) is 42.0 Å². The van der Waals surface area contributed by atoms with Gasteiger partial charge in [-0.25, -0.2) is 4.79 Å². The molecule has 12 nitrogen and oxygen atoms in total. The van der Waals surface area contributed by atoms with Crippen LogP contribution in [0.4, 0.5) is 4.79 Å². The summed E-state index contributed by atoms with van der Waals surface area (Å²) in [4.78, 5) is 82.6. The van der Waals surface area contributed by atoms with Crippen LogP contribution in [0, 0.1) is 35.0 Å². The number of hydrogen-bond donors (Lipinski definition) is 4. The van der Waals surface area contributed by atoms with Gasteiger partial charge >= 0.3 is 6.03 Å². The summed E-state index contributed by atoms with van der Waals surface area (Å²) in [5.41, 5.74) is 5.48. The van der Waals surface area contributed by atoms with Gasteiger partial charge in [0, 0.05) is 20.1 Å². The molecule has 6 amide bonds. The van der Waals surface area contributed by atoms with E-state index in [0.29, 0.717) is 6.54 Å².